The number of carbonyl (C=O) groups is 1. The molecule has 0 bridgehead atoms. The van der Waals surface area contributed by atoms with Crippen molar-refractivity contribution in [1.29, 1.82) is 0 Å². The molecule has 0 aliphatic carbocycles. The first-order chi connectivity index (χ1) is 8.65. The first-order valence-corrected chi connectivity index (χ1v) is 5.31. The van der Waals surface area contributed by atoms with Crippen molar-refractivity contribution in [3.8, 4) is 17.1 Å². The van der Waals surface area contributed by atoms with Crippen LogP contribution in [0.25, 0.3) is 11.3 Å². The molecule has 1 aromatic heterocycles. The van der Waals surface area contributed by atoms with Crippen LogP contribution in [0.3, 0.4) is 0 Å². The maximum atomic E-state index is 13.2. The van der Waals surface area contributed by atoms with Gasteiger partial charge in [0.2, 0.25) is 0 Å². The van der Waals surface area contributed by atoms with Gasteiger partial charge >= 0.3 is 0 Å². The number of hydrogen-bond acceptors (Lipinski definition) is 3. The van der Waals surface area contributed by atoms with Crippen LogP contribution in [0.5, 0.6) is 5.75 Å². The van der Waals surface area contributed by atoms with Gasteiger partial charge in [-0.1, -0.05) is 0 Å². The Morgan fingerprint density at radius 1 is 1.33 bits per heavy atom. The normalized spacial score (nSPS) is 10.2. The molecule has 0 radical (unpaired) electrons. The van der Waals surface area contributed by atoms with Crippen LogP contribution in [-0.2, 0) is 0 Å². The molecule has 1 N–H and O–H groups in total. The van der Waals surface area contributed by atoms with E-state index in [0.29, 0.717) is 17.1 Å². The summed E-state index contributed by atoms with van der Waals surface area (Å²) in [6.07, 6.45) is 0. The smallest absolute Gasteiger partial charge is 0.286 e. The standard InChI is InChI=1S/C13H12FNO3/c1-15-13(16)12-6-5-11(18-12)9-7-8(14)3-4-10(9)17-2/h3-7H,1-2H3,(H,15,16). The third-order valence-electron chi connectivity index (χ3n) is 2.48. The average molecular weight is 249 g/mol. The van der Waals surface area contributed by atoms with Crippen LogP contribution < -0.4 is 10.1 Å². The Kier molecular flexibility index (Phi) is 3.32. The van der Waals surface area contributed by atoms with Gasteiger partial charge in [0.1, 0.15) is 17.3 Å². The third-order valence-corrected chi connectivity index (χ3v) is 2.48. The quantitative estimate of drug-likeness (QED) is 0.909. The minimum absolute atomic E-state index is 0.166. The largest absolute Gasteiger partial charge is 0.496 e. The van der Waals surface area contributed by atoms with Gasteiger partial charge in [-0.3, -0.25) is 4.79 Å². The van der Waals surface area contributed by atoms with Crippen molar-refractivity contribution in [1.82, 2.24) is 5.32 Å². The van der Waals surface area contributed by atoms with Crippen molar-refractivity contribution in [2.24, 2.45) is 0 Å². The predicted octanol–water partition coefficient (Wildman–Crippen LogP) is 2.45. The van der Waals surface area contributed by atoms with Crippen LogP contribution in [0.15, 0.2) is 34.7 Å². The number of carbonyl (C=O) groups excluding carboxylic acids is 1. The Labute approximate surface area is 103 Å². The molecule has 0 aliphatic rings. The van der Waals surface area contributed by atoms with E-state index in [4.69, 9.17) is 9.15 Å². The Morgan fingerprint density at radius 3 is 2.78 bits per heavy atom. The first kappa shape index (κ1) is 12.2. The lowest BCUT2D eigenvalue weighted by Gasteiger charge is -2.05. The van der Waals surface area contributed by atoms with Gasteiger partial charge in [0.15, 0.2) is 5.76 Å². The van der Waals surface area contributed by atoms with Gasteiger partial charge in [0.05, 0.1) is 12.7 Å². The van der Waals surface area contributed by atoms with Crippen molar-refractivity contribution in [2.75, 3.05) is 14.2 Å². The van der Waals surface area contributed by atoms with Gasteiger partial charge in [0, 0.05) is 7.05 Å². The lowest BCUT2D eigenvalue weighted by atomic mass is 10.1. The number of furan rings is 1. The fourth-order valence-electron chi connectivity index (χ4n) is 1.60. The van der Waals surface area contributed by atoms with Crippen molar-refractivity contribution >= 4 is 5.91 Å². The number of hydrogen-bond donors (Lipinski definition) is 1. The van der Waals surface area contributed by atoms with E-state index in [2.05, 4.69) is 5.32 Å². The van der Waals surface area contributed by atoms with E-state index < -0.39 is 5.82 Å². The van der Waals surface area contributed by atoms with Crippen LogP contribution in [0, 0.1) is 5.82 Å². The molecule has 1 heterocycles. The summed E-state index contributed by atoms with van der Waals surface area (Å²) in [5.41, 5.74) is 0.465. The molecule has 0 saturated heterocycles. The zero-order valence-corrected chi connectivity index (χ0v) is 9.99. The highest BCUT2D eigenvalue weighted by Gasteiger charge is 2.14. The van der Waals surface area contributed by atoms with Gasteiger partial charge in [0.25, 0.3) is 5.91 Å². The van der Waals surface area contributed by atoms with E-state index in [1.165, 1.54) is 38.4 Å². The average Bonchev–Trinajstić information content (AvgIpc) is 2.87. The highest BCUT2D eigenvalue weighted by atomic mass is 19.1. The summed E-state index contributed by atoms with van der Waals surface area (Å²) < 4.78 is 23.7. The Bertz CT molecular complexity index is 577. The first-order valence-electron chi connectivity index (χ1n) is 5.31. The monoisotopic (exact) mass is 249 g/mol. The van der Waals surface area contributed by atoms with Crippen LogP contribution >= 0.6 is 0 Å². The van der Waals surface area contributed by atoms with Crippen LogP contribution in [-0.4, -0.2) is 20.1 Å². The molecule has 0 aliphatic heterocycles. The molecule has 94 valence electrons. The number of benzene rings is 1. The lowest BCUT2D eigenvalue weighted by Crippen LogP contribution is -2.16. The summed E-state index contributed by atoms with van der Waals surface area (Å²) in [5.74, 6) is 0.290. The van der Waals surface area contributed by atoms with E-state index >= 15 is 0 Å². The summed E-state index contributed by atoms with van der Waals surface area (Å²) >= 11 is 0. The summed E-state index contributed by atoms with van der Waals surface area (Å²) in [7, 11) is 2.99. The fourth-order valence-corrected chi connectivity index (χ4v) is 1.60. The zero-order valence-electron chi connectivity index (χ0n) is 9.99. The highest BCUT2D eigenvalue weighted by molar-refractivity contribution is 5.91. The minimum atomic E-state index is -0.399. The van der Waals surface area contributed by atoms with Gasteiger partial charge < -0.3 is 14.5 Å². The SMILES string of the molecule is CNC(=O)c1ccc(-c2cc(F)ccc2OC)o1. The van der Waals surface area contributed by atoms with E-state index in [1.807, 2.05) is 0 Å². The predicted molar refractivity (Wildman–Crippen MR) is 64.0 cm³/mol. The van der Waals surface area contributed by atoms with E-state index in [0.717, 1.165) is 0 Å². The van der Waals surface area contributed by atoms with Gasteiger partial charge in [-0.2, -0.15) is 0 Å². The van der Waals surface area contributed by atoms with Crippen LogP contribution in [0.2, 0.25) is 0 Å². The number of amides is 1. The summed E-state index contributed by atoms with van der Waals surface area (Å²) in [6, 6.07) is 7.23. The number of ether oxygens (including phenoxy) is 1. The van der Waals surface area contributed by atoms with Crippen LogP contribution in [0.4, 0.5) is 4.39 Å². The van der Waals surface area contributed by atoms with Crippen molar-refractivity contribution in [3.63, 3.8) is 0 Å². The molecule has 4 nitrogen and oxygen atoms in total. The second-order valence-corrected chi connectivity index (χ2v) is 3.59. The number of halogens is 1. The van der Waals surface area contributed by atoms with Gasteiger partial charge in [-0.05, 0) is 30.3 Å². The molecule has 0 unspecified atom stereocenters. The fraction of sp³-hybridized carbons (Fsp3) is 0.154. The summed E-state index contributed by atoms with van der Waals surface area (Å²) in [6.45, 7) is 0. The highest BCUT2D eigenvalue weighted by Crippen LogP contribution is 2.31. The summed E-state index contributed by atoms with van der Waals surface area (Å²) in [4.78, 5) is 11.4. The number of nitrogens with one attached hydrogen (secondary N) is 1. The molecule has 18 heavy (non-hydrogen) atoms. The van der Waals surface area contributed by atoms with E-state index in [1.54, 1.807) is 6.07 Å². The molecule has 0 fully saturated rings. The minimum Gasteiger partial charge on any atom is -0.496 e. The molecule has 1 aromatic carbocycles. The third kappa shape index (κ3) is 2.20. The second kappa shape index (κ2) is 4.91. The molecule has 2 aromatic rings. The molecule has 5 heteroatoms. The number of methoxy groups -OCH3 is 1. The molecular formula is C13H12FNO3. The number of rotatable bonds is 3. The maximum absolute atomic E-state index is 13.2. The Morgan fingerprint density at radius 2 is 2.11 bits per heavy atom. The van der Waals surface area contributed by atoms with Crippen molar-refractivity contribution in [3.05, 3.63) is 41.9 Å². The van der Waals surface area contributed by atoms with Gasteiger partial charge in [-0.15, -0.1) is 0 Å². The zero-order chi connectivity index (χ0) is 13.1. The molecular weight excluding hydrogens is 237 g/mol. The van der Waals surface area contributed by atoms with E-state index in [-0.39, 0.29) is 11.7 Å². The lowest BCUT2D eigenvalue weighted by molar-refractivity contribution is 0.0936. The molecule has 0 saturated carbocycles. The van der Waals surface area contributed by atoms with Gasteiger partial charge in [-0.25, -0.2) is 4.39 Å². The molecule has 0 spiro atoms. The van der Waals surface area contributed by atoms with E-state index in [9.17, 15) is 9.18 Å². The van der Waals surface area contributed by atoms with Crippen molar-refractivity contribution < 1.29 is 18.3 Å². The molecule has 0 atom stereocenters. The summed E-state index contributed by atoms with van der Waals surface area (Å²) in [5, 5.41) is 2.45. The molecule has 1 amide bonds. The van der Waals surface area contributed by atoms with Crippen LogP contribution in [0.1, 0.15) is 10.6 Å². The molecule has 2 rings (SSSR count). The second-order valence-electron chi connectivity index (χ2n) is 3.59. The maximum Gasteiger partial charge on any atom is 0.286 e. The Balaban J connectivity index is 2.45. The topological polar surface area (TPSA) is 51.5 Å². The Hall–Kier alpha value is -2.30. The van der Waals surface area contributed by atoms with Crippen molar-refractivity contribution in [2.45, 2.75) is 0 Å².